The SMILES string of the molecule is NC(=S)c1nc(C(=O)NCc2ccc(F)cc2)c(O)c(=O)[nH]1. The van der Waals surface area contributed by atoms with Crippen LogP contribution >= 0.6 is 12.2 Å². The third-order valence-electron chi connectivity index (χ3n) is 2.71. The van der Waals surface area contributed by atoms with Crippen molar-refractivity contribution >= 4 is 23.1 Å². The highest BCUT2D eigenvalue weighted by Crippen LogP contribution is 2.08. The lowest BCUT2D eigenvalue weighted by Gasteiger charge is -2.07. The van der Waals surface area contributed by atoms with Crippen LogP contribution in [0.2, 0.25) is 0 Å². The third kappa shape index (κ3) is 3.44. The number of benzene rings is 1. The first-order chi connectivity index (χ1) is 10.4. The van der Waals surface area contributed by atoms with Gasteiger partial charge in [0.25, 0.3) is 11.5 Å². The zero-order chi connectivity index (χ0) is 16.3. The number of nitrogens with one attached hydrogen (secondary N) is 2. The average molecular weight is 322 g/mol. The molecule has 1 heterocycles. The van der Waals surface area contributed by atoms with Crippen LogP contribution in [0, 0.1) is 5.82 Å². The van der Waals surface area contributed by atoms with Gasteiger partial charge in [0.1, 0.15) is 10.8 Å². The number of carbonyl (C=O) groups excluding carboxylic acids is 1. The molecule has 5 N–H and O–H groups in total. The molecule has 0 radical (unpaired) electrons. The van der Waals surface area contributed by atoms with E-state index in [9.17, 15) is 19.1 Å². The summed E-state index contributed by atoms with van der Waals surface area (Å²) in [5.74, 6) is -2.20. The highest BCUT2D eigenvalue weighted by molar-refractivity contribution is 7.80. The minimum atomic E-state index is -0.926. The van der Waals surface area contributed by atoms with Crippen LogP contribution in [0.25, 0.3) is 0 Å². The zero-order valence-electron chi connectivity index (χ0n) is 11.1. The minimum Gasteiger partial charge on any atom is -0.501 e. The Hall–Kier alpha value is -2.81. The first kappa shape index (κ1) is 15.6. The Bertz CT molecular complexity index is 789. The lowest BCUT2D eigenvalue weighted by atomic mass is 10.2. The topological polar surface area (TPSA) is 121 Å². The number of aromatic nitrogens is 2. The van der Waals surface area contributed by atoms with Gasteiger partial charge in [-0.1, -0.05) is 24.4 Å². The maximum atomic E-state index is 12.8. The molecule has 0 atom stereocenters. The summed E-state index contributed by atoms with van der Waals surface area (Å²) in [7, 11) is 0. The third-order valence-corrected chi connectivity index (χ3v) is 2.90. The van der Waals surface area contributed by atoms with Crippen molar-refractivity contribution in [1.82, 2.24) is 15.3 Å². The van der Waals surface area contributed by atoms with Gasteiger partial charge in [-0.25, -0.2) is 9.37 Å². The number of amides is 1. The number of halogens is 1. The Labute approximate surface area is 129 Å². The number of rotatable bonds is 4. The monoisotopic (exact) mass is 322 g/mol. The minimum absolute atomic E-state index is 0.0649. The largest absolute Gasteiger partial charge is 0.501 e. The Morgan fingerprint density at radius 2 is 2.05 bits per heavy atom. The van der Waals surface area contributed by atoms with Gasteiger partial charge in [-0.15, -0.1) is 0 Å². The van der Waals surface area contributed by atoms with Gasteiger partial charge in [0.2, 0.25) is 5.75 Å². The van der Waals surface area contributed by atoms with E-state index >= 15 is 0 Å². The van der Waals surface area contributed by atoms with Gasteiger partial charge < -0.3 is 21.1 Å². The molecule has 0 saturated carbocycles. The Morgan fingerprint density at radius 3 is 2.64 bits per heavy atom. The van der Waals surface area contributed by atoms with Crippen LogP contribution in [-0.4, -0.2) is 26.0 Å². The second kappa shape index (κ2) is 6.31. The standard InChI is InChI=1S/C13H11FN4O3S/c14-7-3-1-6(2-4-7)5-16-12(20)8-9(19)13(21)18-11(17-8)10(15)22/h1-4,19H,5H2,(H2,15,22)(H,16,20)(H,17,18,21). The van der Waals surface area contributed by atoms with E-state index in [0.29, 0.717) is 5.56 Å². The molecule has 0 aliphatic rings. The number of nitrogens with two attached hydrogens (primary N) is 1. The van der Waals surface area contributed by atoms with E-state index < -0.39 is 28.7 Å². The van der Waals surface area contributed by atoms with Crippen LogP contribution in [0.1, 0.15) is 21.9 Å². The summed E-state index contributed by atoms with van der Waals surface area (Å²) in [6.45, 7) is 0.0649. The number of H-pyrrole nitrogens is 1. The van der Waals surface area contributed by atoms with Crippen molar-refractivity contribution in [2.75, 3.05) is 0 Å². The summed E-state index contributed by atoms with van der Waals surface area (Å²) < 4.78 is 12.8. The number of aromatic hydroxyl groups is 1. The van der Waals surface area contributed by atoms with Gasteiger partial charge in [0, 0.05) is 6.54 Å². The van der Waals surface area contributed by atoms with Crippen LogP contribution in [0.3, 0.4) is 0 Å². The fourth-order valence-corrected chi connectivity index (χ4v) is 1.71. The van der Waals surface area contributed by atoms with Crippen molar-refractivity contribution in [2.24, 2.45) is 5.73 Å². The molecular formula is C13H11FN4O3S. The summed E-state index contributed by atoms with van der Waals surface area (Å²) in [5, 5.41) is 12.1. The molecule has 0 unspecified atom stereocenters. The zero-order valence-corrected chi connectivity index (χ0v) is 11.9. The van der Waals surface area contributed by atoms with Gasteiger partial charge in [0.15, 0.2) is 11.5 Å². The molecule has 2 aromatic rings. The van der Waals surface area contributed by atoms with Gasteiger partial charge in [-0.2, -0.15) is 0 Å². The molecule has 1 amide bonds. The van der Waals surface area contributed by atoms with E-state index in [1.54, 1.807) is 0 Å². The maximum absolute atomic E-state index is 12.8. The highest BCUT2D eigenvalue weighted by Gasteiger charge is 2.18. The summed E-state index contributed by atoms with van der Waals surface area (Å²) in [6.07, 6.45) is 0. The highest BCUT2D eigenvalue weighted by atomic mass is 32.1. The normalized spacial score (nSPS) is 10.2. The summed E-state index contributed by atoms with van der Waals surface area (Å²) >= 11 is 4.66. The fourth-order valence-electron chi connectivity index (χ4n) is 1.61. The van der Waals surface area contributed by atoms with Gasteiger partial charge in [-0.3, -0.25) is 9.59 Å². The molecule has 0 aliphatic heterocycles. The molecule has 1 aromatic carbocycles. The molecule has 0 aliphatic carbocycles. The quantitative estimate of drug-likeness (QED) is 0.596. The van der Waals surface area contributed by atoms with Crippen LogP contribution in [0.5, 0.6) is 5.75 Å². The van der Waals surface area contributed by atoms with Crippen LogP contribution in [-0.2, 0) is 6.54 Å². The van der Waals surface area contributed by atoms with Crippen molar-refractivity contribution in [3.05, 3.63) is 57.5 Å². The molecule has 0 spiro atoms. The first-order valence-corrected chi connectivity index (χ1v) is 6.45. The average Bonchev–Trinajstić information content (AvgIpc) is 2.48. The van der Waals surface area contributed by atoms with Crippen molar-refractivity contribution in [3.63, 3.8) is 0 Å². The lowest BCUT2D eigenvalue weighted by Crippen LogP contribution is -2.29. The van der Waals surface area contributed by atoms with Crippen LogP contribution in [0.15, 0.2) is 29.1 Å². The molecular weight excluding hydrogens is 311 g/mol. The summed E-state index contributed by atoms with van der Waals surface area (Å²) in [6, 6.07) is 5.47. The van der Waals surface area contributed by atoms with Gasteiger partial charge in [0.05, 0.1) is 0 Å². The second-order valence-corrected chi connectivity index (χ2v) is 4.72. The Kier molecular flexibility index (Phi) is 4.47. The number of hydrogen-bond donors (Lipinski definition) is 4. The van der Waals surface area contributed by atoms with E-state index in [1.165, 1.54) is 24.3 Å². The van der Waals surface area contributed by atoms with E-state index in [1.807, 2.05) is 0 Å². The lowest BCUT2D eigenvalue weighted by molar-refractivity contribution is 0.0942. The summed E-state index contributed by atoms with van der Waals surface area (Å²) in [4.78, 5) is 29.1. The van der Waals surface area contributed by atoms with E-state index in [-0.39, 0.29) is 17.4 Å². The van der Waals surface area contributed by atoms with Gasteiger partial charge >= 0.3 is 0 Å². The predicted molar refractivity (Wildman–Crippen MR) is 80.0 cm³/mol. The Balaban J connectivity index is 2.20. The van der Waals surface area contributed by atoms with Gasteiger partial charge in [-0.05, 0) is 17.7 Å². The molecule has 22 heavy (non-hydrogen) atoms. The smallest absolute Gasteiger partial charge is 0.294 e. The van der Waals surface area contributed by atoms with E-state index in [2.05, 4.69) is 27.5 Å². The first-order valence-electron chi connectivity index (χ1n) is 6.04. The van der Waals surface area contributed by atoms with E-state index in [0.717, 1.165) is 0 Å². The number of aromatic amines is 1. The summed E-state index contributed by atoms with van der Waals surface area (Å²) in [5.41, 5.74) is 4.55. The number of carbonyl (C=O) groups is 1. The second-order valence-electron chi connectivity index (χ2n) is 4.29. The molecule has 0 bridgehead atoms. The number of thiocarbonyl (C=S) groups is 1. The van der Waals surface area contributed by atoms with Crippen LogP contribution < -0.4 is 16.6 Å². The molecule has 114 valence electrons. The molecule has 0 saturated heterocycles. The van der Waals surface area contributed by atoms with Crippen molar-refractivity contribution in [1.29, 1.82) is 0 Å². The molecule has 0 fully saturated rings. The fraction of sp³-hybridized carbons (Fsp3) is 0.0769. The molecule has 2 rings (SSSR count). The maximum Gasteiger partial charge on any atom is 0.294 e. The molecule has 1 aromatic heterocycles. The van der Waals surface area contributed by atoms with Crippen LogP contribution in [0.4, 0.5) is 4.39 Å². The molecule has 9 heteroatoms. The number of hydrogen-bond acceptors (Lipinski definition) is 5. The number of nitrogens with zero attached hydrogens (tertiary/aromatic N) is 1. The van der Waals surface area contributed by atoms with E-state index in [4.69, 9.17) is 5.73 Å². The molecule has 7 nitrogen and oxygen atoms in total. The van der Waals surface area contributed by atoms with Crippen molar-refractivity contribution < 1.29 is 14.3 Å². The Morgan fingerprint density at radius 1 is 1.41 bits per heavy atom. The predicted octanol–water partition coefficient (Wildman–Crippen LogP) is 0.179. The van der Waals surface area contributed by atoms with Crippen molar-refractivity contribution in [3.8, 4) is 5.75 Å². The van der Waals surface area contributed by atoms with Crippen molar-refractivity contribution in [2.45, 2.75) is 6.54 Å².